The van der Waals surface area contributed by atoms with Crippen molar-refractivity contribution in [2.45, 2.75) is 6.18 Å². The van der Waals surface area contributed by atoms with Crippen LogP contribution < -0.4 is 5.32 Å². The van der Waals surface area contributed by atoms with E-state index in [1.54, 1.807) is 24.3 Å². The monoisotopic (exact) mass is 399 g/mol. The Labute approximate surface area is 156 Å². The van der Waals surface area contributed by atoms with Gasteiger partial charge in [-0.05, 0) is 54.6 Å². The first-order valence-corrected chi connectivity index (χ1v) is 8.03. The highest BCUT2D eigenvalue weighted by molar-refractivity contribution is 6.31. The van der Waals surface area contributed by atoms with E-state index in [9.17, 15) is 18.0 Å². The van der Waals surface area contributed by atoms with Gasteiger partial charge in [0.25, 0.3) is 5.91 Å². The molecule has 1 aromatic heterocycles. The maximum absolute atomic E-state index is 13.0. The molecule has 0 fully saturated rings. The first-order chi connectivity index (χ1) is 12.2. The summed E-state index contributed by atoms with van der Waals surface area (Å²) in [7, 11) is 0. The van der Waals surface area contributed by atoms with Crippen LogP contribution in [-0.4, -0.2) is 5.91 Å². The van der Waals surface area contributed by atoms with Gasteiger partial charge in [-0.3, -0.25) is 4.79 Å². The van der Waals surface area contributed by atoms with Crippen molar-refractivity contribution < 1.29 is 22.4 Å². The van der Waals surface area contributed by atoms with Gasteiger partial charge in [-0.15, -0.1) is 0 Å². The number of alkyl halides is 3. The molecule has 0 aliphatic carbocycles. The molecular weight excluding hydrogens is 390 g/mol. The van der Waals surface area contributed by atoms with Gasteiger partial charge >= 0.3 is 6.18 Å². The van der Waals surface area contributed by atoms with Gasteiger partial charge in [0.15, 0.2) is 5.76 Å². The van der Waals surface area contributed by atoms with Crippen LogP contribution in [0, 0.1) is 0 Å². The average molecular weight is 400 g/mol. The minimum atomic E-state index is -4.59. The van der Waals surface area contributed by atoms with Gasteiger partial charge in [0, 0.05) is 16.3 Å². The third kappa shape index (κ3) is 4.03. The molecule has 0 aliphatic heterocycles. The summed E-state index contributed by atoms with van der Waals surface area (Å²) >= 11 is 11.4. The molecule has 3 aromatic rings. The molecule has 0 saturated carbocycles. The number of carbonyl (C=O) groups is 1. The molecule has 0 radical (unpaired) electrons. The zero-order chi connectivity index (χ0) is 18.9. The molecule has 0 bridgehead atoms. The highest BCUT2D eigenvalue weighted by atomic mass is 35.5. The Morgan fingerprint density at radius 3 is 2.31 bits per heavy atom. The maximum atomic E-state index is 13.0. The second-order valence-corrected chi connectivity index (χ2v) is 6.16. The number of rotatable bonds is 3. The maximum Gasteiger partial charge on any atom is 0.417 e. The summed E-state index contributed by atoms with van der Waals surface area (Å²) in [4.78, 5) is 12.2. The molecule has 0 atom stereocenters. The van der Waals surface area contributed by atoms with Gasteiger partial charge < -0.3 is 9.73 Å². The predicted octanol–water partition coefficient (Wildman–Crippen LogP) is 6.52. The second-order valence-electron chi connectivity index (χ2n) is 5.32. The Balaban J connectivity index is 1.83. The van der Waals surface area contributed by atoms with Crippen molar-refractivity contribution in [2.24, 2.45) is 0 Å². The number of carbonyl (C=O) groups excluding carboxylic acids is 1. The summed E-state index contributed by atoms with van der Waals surface area (Å²) in [5.41, 5.74) is -0.310. The normalized spacial score (nSPS) is 11.4. The summed E-state index contributed by atoms with van der Waals surface area (Å²) in [6.07, 6.45) is -4.59. The van der Waals surface area contributed by atoms with Crippen LogP contribution in [0.5, 0.6) is 0 Å². The van der Waals surface area contributed by atoms with Gasteiger partial charge in [0.05, 0.1) is 10.6 Å². The number of hydrogen-bond donors (Lipinski definition) is 1. The molecule has 0 spiro atoms. The Bertz CT molecular complexity index is 950. The van der Waals surface area contributed by atoms with E-state index in [-0.39, 0.29) is 17.1 Å². The first-order valence-electron chi connectivity index (χ1n) is 7.28. The number of hydrogen-bond acceptors (Lipinski definition) is 2. The van der Waals surface area contributed by atoms with Crippen molar-refractivity contribution in [1.82, 2.24) is 0 Å². The van der Waals surface area contributed by atoms with E-state index in [1.807, 2.05) is 0 Å². The van der Waals surface area contributed by atoms with Crippen LogP contribution in [0.1, 0.15) is 16.1 Å². The van der Waals surface area contributed by atoms with Crippen molar-refractivity contribution in [3.63, 3.8) is 0 Å². The van der Waals surface area contributed by atoms with Gasteiger partial charge in [-0.25, -0.2) is 0 Å². The predicted molar refractivity (Wildman–Crippen MR) is 93.6 cm³/mol. The van der Waals surface area contributed by atoms with Crippen molar-refractivity contribution >= 4 is 34.8 Å². The van der Waals surface area contributed by atoms with Gasteiger partial charge in [-0.1, -0.05) is 23.2 Å². The van der Waals surface area contributed by atoms with Crippen LogP contribution in [0.15, 0.2) is 59.0 Å². The lowest BCUT2D eigenvalue weighted by Gasteiger charge is -2.10. The number of benzene rings is 2. The molecule has 8 heteroatoms. The summed E-state index contributed by atoms with van der Waals surface area (Å²) in [5.74, 6) is -0.463. The molecule has 0 unspecified atom stereocenters. The van der Waals surface area contributed by atoms with Crippen LogP contribution in [0.3, 0.4) is 0 Å². The summed E-state index contributed by atoms with van der Waals surface area (Å²) in [5, 5.41) is 2.71. The minimum Gasteiger partial charge on any atom is -0.451 e. The minimum absolute atomic E-state index is 0.0431. The molecule has 134 valence electrons. The molecule has 2 aromatic carbocycles. The van der Waals surface area contributed by atoms with Crippen molar-refractivity contribution in [3.05, 3.63) is 76.0 Å². The molecule has 3 rings (SSSR count). The highest BCUT2D eigenvalue weighted by Crippen LogP contribution is 2.37. The van der Waals surface area contributed by atoms with Crippen molar-refractivity contribution in [3.8, 4) is 11.3 Å². The number of amides is 1. The summed E-state index contributed by atoms with van der Waals surface area (Å²) < 4.78 is 44.3. The van der Waals surface area contributed by atoms with E-state index in [0.29, 0.717) is 10.7 Å². The van der Waals surface area contributed by atoms with Gasteiger partial charge in [0.1, 0.15) is 5.76 Å². The van der Waals surface area contributed by atoms with Crippen LogP contribution >= 0.6 is 23.2 Å². The quantitative estimate of drug-likeness (QED) is 0.544. The Morgan fingerprint density at radius 2 is 1.65 bits per heavy atom. The largest absolute Gasteiger partial charge is 0.451 e. The highest BCUT2D eigenvalue weighted by Gasteiger charge is 2.33. The Kier molecular flexibility index (Phi) is 4.98. The number of nitrogens with one attached hydrogen (secondary N) is 1. The van der Waals surface area contributed by atoms with Crippen LogP contribution in [0.4, 0.5) is 18.9 Å². The smallest absolute Gasteiger partial charge is 0.417 e. The lowest BCUT2D eigenvalue weighted by Crippen LogP contribution is -2.10. The molecule has 0 aliphatic rings. The second kappa shape index (κ2) is 7.05. The molecule has 0 saturated heterocycles. The third-order valence-electron chi connectivity index (χ3n) is 3.49. The average Bonchev–Trinajstić information content (AvgIpc) is 3.06. The van der Waals surface area contributed by atoms with Gasteiger partial charge in [-0.2, -0.15) is 13.2 Å². The lowest BCUT2D eigenvalue weighted by atomic mass is 10.1. The van der Waals surface area contributed by atoms with Crippen LogP contribution in [-0.2, 0) is 6.18 Å². The van der Waals surface area contributed by atoms with E-state index < -0.39 is 22.7 Å². The lowest BCUT2D eigenvalue weighted by molar-refractivity contribution is -0.137. The fraction of sp³-hybridized carbons (Fsp3) is 0.0556. The van der Waals surface area contributed by atoms with Crippen molar-refractivity contribution in [1.29, 1.82) is 0 Å². The number of halogens is 5. The fourth-order valence-electron chi connectivity index (χ4n) is 2.24. The molecule has 3 nitrogen and oxygen atoms in total. The molecule has 1 amide bonds. The fourth-order valence-corrected chi connectivity index (χ4v) is 2.59. The zero-order valence-electron chi connectivity index (χ0n) is 12.9. The van der Waals surface area contributed by atoms with E-state index in [0.717, 1.165) is 12.1 Å². The standard InChI is InChI=1S/C18H10Cl2F3NO2/c19-11-2-4-12(5-3-11)24-17(25)16-8-7-15(26-16)10-1-6-14(20)13(9-10)18(21,22)23/h1-9H,(H,24,25). The molecule has 26 heavy (non-hydrogen) atoms. The number of anilines is 1. The van der Waals surface area contributed by atoms with E-state index in [2.05, 4.69) is 5.32 Å². The van der Waals surface area contributed by atoms with Crippen LogP contribution in [0.25, 0.3) is 11.3 Å². The van der Waals surface area contributed by atoms with Gasteiger partial charge in [0.2, 0.25) is 0 Å². The SMILES string of the molecule is O=C(Nc1ccc(Cl)cc1)c1ccc(-c2ccc(Cl)c(C(F)(F)F)c2)o1. The third-order valence-corrected chi connectivity index (χ3v) is 4.07. The molecule has 1 N–H and O–H groups in total. The van der Waals surface area contributed by atoms with Crippen molar-refractivity contribution in [2.75, 3.05) is 5.32 Å². The molecule has 1 heterocycles. The topological polar surface area (TPSA) is 42.2 Å². The van der Waals surface area contributed by atoms with E-state index in [1.165, 1.54) is 18.2 Å². The van der Waals surface area contributed by atoms with E-state index in [4.69, 9.17) is 27.6 Å². The Morgan fingerprint density at radius 1 is 0.962 bits per heavy atom. The summed E-state index contributed by atoms with van der Waals surface area (Å²) in [6, 6.07) is 12.6. The Hall–Kier alpha value is -2.44. The summed E-state index contributed by atoms with van der Waals surface area (Å²) in [6.45, 7) is 0. The van der Waals surface area contributed by atoms with Crippen LogP contribution in [0.2, 0.25) is 10.0 Å². The number of furan rings is 1. The van der Waals surface area contributed by atoms with E-state index >= 15 is 0 Å². The first kappa shape index (κ1) is 18.4. The molecular formula is C18H10Cl2F3NO2. The zero-order valence-corrected chi connectivity index (χ0v) is 14.4.